The van der Waals surface area contributed by atoms with Gasteiger partial charge in [0.05, 0.1) is 11.9 Å². The lowest BCUT2D eigenvalue weighted by Gasteiger charge is -2.07. The average Bonchev–Trinajstić information content (AvgIpc) is 2.45. The van der Waals surface area contributed by atoms with Crippen LogP contribution in [0.5, 0.6) is 0 Å². The molecule has 0 aliphatic rings. The fourth-order valence-electron chi connectivity index (χ4n) is 2.11. The first-order chi connectivity index (χ1) is 9.63. The van der Waals surface area contributed by atoms with Gasteiger partial charge in [-0.1, -0.05) is 23.7 Å². The Balaban J connectivity index is 2.08. The van der Waals surface area contributed by atoms with Crippen LogP contribution < -0.4 is 11.1 Å². The summed E-state index contributed by atoms with van der Waals surface area (Å²) in [7, 11) is 0. The van der Waals surface area contributed by atoms with Crippen LogP contribution in [0.3, 0.4) is 0 Å². The number of pyridine rings is 2. The molecule has 4 nitrogen and oxygen atoms in total. The lowest BCUT2D eigenvalue weighted by Crippen LogP contribution is -2.21. The van der Waals surface area contributed by atoms with Crippen molar-refractivity contribution in [3.63, 3.8) is 0 Å². The highest BCUT2D eigenvalue weighted by Gasteiger charge is 2.04. The maximum atomic E-state index is 12.3. The fourth-order valence-corrected chi connectivity index (χ4v) is 2.24. The van der Waals surface area contributed by atoms with Crippen LogP contribution in [0.4, 0.5) is 0 Å². The number of nitrogens with one attached hydrogen (secondary N) is 1. The SMILES string of the molecule is O=c1cc2c(=O)n(Cc3ccc(Cl)cc3)ccc2c[nH]1. The van der Waals surface area contributed by atoms with Crippen molar-refractivity contribution in [3.05, 3.63) is 80.1 Å². The van der Waals surface area contributed by atoms with Gasteiger partial charge in [-0.25, -0.2) is 0 Å². The summed E-state index contributed by atoms with van der Waals surface area (Å²) in [6.07, 6.45) is 3.27. The number of benzene rings is 1. The van der Waals surface area contributed by atoms with Gasteiger partial charge in [-0.3, -0.25) is 9.59 Å². The quantitative estimate of drug-likeness (QED) is 0.786. The molecular weight excluding hydrogens is 276 g/mol. The van der Waals surface area contributed by atoms with Crippen LogP contribution in [-0.4, -0.2) is 9.55 Å². The summed E-state index contributed by atoms with van der Waals surface area (Å²) in [6, 6.07) is 10.5. The zero-order valence-corrected chi connectivity index (χ0v) is 11.2. The first-order valence-electron chi connectivity index (χ1n) is 6.10. The van der Waals surface area contributed by atoms with Crippen LogP contribution in [0.15, 0.2) is 58.4 Å². The Bertz CT molecular complexity index is 879. The highest BCUT2D eigenvalue weighted by molar-refractivity contribution is 6.30. The number of halogens is 1. The molecule has 5 heteroatoms. The monoisotopic (exact) mass is 286 g/mol. The van der Waals surface area contributed by atoms with Gasteiger partial charge < -0.3 is 9.55 Å². The second-order valence-corrected chi connectivity index (χ2v) is 4.98. The van der Waals surface area contributed by atoms with Gasteiger partial charge in [-0.2, -0.15) is 0 Å². The summed E-state index contributed by atoms with van der Waals surface area (Å²) in [5.74, 6) is 0. The Morgan fingerprint density at radius 3 is 2.60 bits per heavy atom. The third-order valence-electron chi connectivity index (χ3n) is 3.15. The molecular formula is C15H11ClN2O2. The number of rotatable bonds is 2. The molecule has 0 saturated heterocycles. The molecule has 3 aromatic rings. The number of aromatic nitrogens is 2. The third-order valence-corrected chi connectivity index (χ3v) is 3.40. The minimum absolute atomic E-state index is 0.177. The van der Waals surface area contributed by atoms with Gasteiger partial charge in [0.1, 0.15) is 0 Å². The van der Waals surface area contributed by atoms with E-state index in [1.807, 2.05) is 18.2 Å². The predicted octanol–water partition coefficient (Wildman–Crippen LogP) is 2.39. The minimum Gasteiger partial charge on any atom is -0.328 e. The molecule has 3 rings (SSSR count). The lowest BCUT2D eigenvalue weighted by molar-refractivity contribution is 0.768. The Morgan fingerprint density at radius 1 is 1.10 bits per heavy atom. The van der Waals surface area contributed by atoms with E-state index in [2.05, 4.69) is 4.98 Å². The van der Waals surface area contributed by atoms with Gasteiger partial charge >= 0.3 is 0 Å². The molecule has 1 aromatic carbocycles. The minimum atomic E-state index is -0.279. The van der Waals surface area contributed by atoms with Crippen LogP contribution >= 0.6 is 11.6 Å². The van der Waals surface area contributed by atoms with Gasteiger partial charge in [0, 0.05) is 28.9 Å². The number of aromatic amines is 1. The third kappa shape index (κ3) is 2.38. The van der Waals surface area contributed by atoms with E-state index >= 15 is 0 Å². The molecule has 0 radical (unpaired) electrons. The molecule has 0 aliphatic heterocycles. The molecule has 2 aromatic heterocycles. The highest BCUT2D eigenvalue weighted by Crippen LogP contribution is 2.11. The molecule has 0 atom stereocenters. The van der Waals surface area contributed by atoms with E-state index in [1.165, 1.54) is 6.07 Å². The van der Waals surface area contributed by atoms with E-state index in [9.17, 15) is 9.59 Å². The molecule has 0 aliphatic carbocycles. The number of hydrogen-bond acceptors (Lipinski definition) is 2. The molecule has 0 amide bonds. The summed E-state index contributed by atoms with van der Waals surface area (Å²) in [6.45, 7) is 0.443. The average molecular weight is 287 g/mol. The Kier molecular flexibility index (Phi) is 3.16. The van der Waals surface area contributed by atoms with Crippen LogP contribution in [0.25, 0.3) is 10.8 Å². The second-order valence-electron chi connectivity index (χ2n) is 4.54. The van der Waals surface area contributed by atoms with E-state index in [-0.39, 0.29) is 11.1 Å². The van der Waals surface area contributed by atoms with Crippen molar-refractivity contribution >= 4 is 22.4 Å². The first kappa shape index (κ1) is 12.7. The van der Waals surface area contributed by atoms with Crippen molar-refractivity contribution in [2.45, 2.75) is 6.54 Å². The van der Waals surface area contributed by atoms with E-state index < -0.39 is 0 Å². The Morgan fingerprint density at radius 2 is 1.85 bits per heavy atom. The van der Waals surface area contributed by atoms with Crippen LogP contribution in [-0.2, 0) is 6.54 Å². The Labute approximate surface area is 119 Å². The number of H-pyrrole nitrogens is 1. The molecule has 100 valence electrons. The maximum Gasteiger partial charge on any atom is 0.258 e. The number of nitrogens with zero attached hydrogens (tertiary/aromatic N) is 1. The zero-order chi connectivity index (χ0) is 14.1. The zero-order valence-electron chi connectivity index (χ0n) is 10.5. The summed E-state index contributed by atoms with van der Waals surface area (Å²) < 4.78 is 1.57. The summed E-state index contributed by atoms with van der Waals surface area (Å²) in [5, 5.41) is 1.80. The predicted molar refractivity (Wildman–Crippen MR) is 79.4 cm³/mol. The summed E-state index contributed by atoms with van der Waals surface area (Å²) in [4.78, 5) is 26.2. The van der Waals surface area contributed by atoms with E-state index in [1.54, 1.807) is 29.1 Å². The molecule has 20 heavy (non-hydrogen) atoms. The van der Waals surface area contributed by atoms with Crippen molar-refractivity contribution < 1.29 is 0 Å². The topological polar surface area (TPSA) is 54.9 Å². The first-order valence-corrected chi connectivity index (χ1v) is 6.47. The van der Waals surface area contributed by atoms with E-state index in [0.29, 0.717) is 17.0 Å². The van der Waals surface area contributed by atoms with Crippen molar-refractivity contribution in [1.82, 2.24) is 9.55 Å². The van der Waals surface area contributed by atoms with Crippen molar-refractivity contribution in [2.24, 2.45) is 0 Å². The normalized spacial score (nSPS) is 10.8. The maximum absolute atomic E-state index is 12.3. The molecule has 2 heterocycles. The summed E-state index contributed by atoms with van der Waals surface area (Å²) in [5.41, 5.74) is 0.517. The van der Waals surface area contributed by atoms with E-state index in [0.717, 1.165) is 10.9 Å². The van der Waals surface area contributed by atoms with E-state index in [4.69, 9.17) is 11.6 Å². The smallest absolute Gasteiger partial charge is 0.258 e. The van der Waals surface area contributed by atoms with Gasteiger partial charge in [0.15, 0.2) is 0 Å². The lowest BCUT2D eigenvalue weighted by atomic mass is 10.2. The van der Waals surface area contributed by atoms with Crippen molar-refractivity contribution in [1.29, 1.82) is 0 Å². The molecule has 0 bridgehead atoms. The van der Waals surface area contributed by atoms with Crippen LogP contribution in [0, 0.1) is 0 Å². The molecule has 0 unspecified atom stereocenters. The van der Waals surface area contributed by atoms with Gasteiger partial charge in [0.25, 0.3) is 5.56 Å². The van der Waals surface area contributed by atoms with Crippen LogP contribution in [0.2, 0.25) is 5.02 Å². The molecule has 1 N–H and O–H groups in total. The fraction of sp³-hybridized carbons (Fsp3) is 0.0667. The molecule has 0 fully saturated rings. The largest absolute Gasteiger partial charge is 0.328 e. The molecule has 0 spiro atoms. The van der Waals surface area contributed by atoms with Gasteiger partial charge in [0.2, 0.25) is 5.56 Å². The molecule has 0 saturated carbocycles. The number of hydrogen-bond donors (Lipinski definition) is 1. The summed E-state index contributed by atoms with van der Waals surface area (Å²) >= 11 is 5.83. The standard InChI is InChI=1S/C15H11ClN2O2/c16-12-3-1-10(2-4-12)9-18-6-5-11-8-17-14(19)7-13(11)15(18)20/h1-8H,9H2,(H,17,19). The number of fused-ring (bicyclic) bond motifs is 1. The van der Waals surface area contributed by atoms with Gasteiger partial charge in [-0.15, -0.1) is 0 Å². The van der Waals surface area contributed by atoms with Crippen LogP contribution in [0.1, 0.15) is 5.56 Å². The van der Waals surface area contributed by atoms with Gasteiger partial charge in [-0.05, 0) is 23.8 Å². The van der Waals surface area contributed by atoms with Crippen molar-refractivity contribution in [2.75, 3.05) is 0 Å². The highest BCUT2D eigenvalue weighted by atomic mass is 35.5. The second kappa shape index (κ2) is 4.98. The Hall–Kier alpha value is -2.33. The van der Waals surface area contributed by atoms with Crippen molar-refractivity contribution in [3.8, 4) is 0 Å².